The fourth-order valence-electron chi connectivity index (χ4n) is 1.96. The molecule has 0 fully saturated rings. The van der Waals surface area contributed by atoms with E-state index in [1.54, 1.807) is 0 Å². The molecule has 112 valence electrons. The number of para-hydroxylation sites is 1. The lowest BCUT2D eigenvalue weighted by Gasteiger charge is -2.08. The molecule has 6 heteroatoms. The first-order valence-electron chi connectivity index (χ1n) is 6.66. The number of aliphatic carboxylic acids is 1. The van der Waals surface area contributed by atoms with Gasteiger partial charge in [-0.15, -0.1) is 0 Å². The van der Waals surface area contributed by atoms with Crippen LogP contribution in [0.15, 0.2) is 39.8 Å². The van der Waals surface area contributed by atoms with Crippen molar-refractivity contribution in [1.82, 2.24) is 9.78 Å². The lowest BCUT2D eigenvalue weighted by molar-refractivity contribution is -0.133. The van der Waals surface area contributed by atoms with E-state index in [0.29, 0.717) is 5.92 Å². The Hall–Kier alpha value is -1.27. The molecule has 21 heavy (non-hydrogen) atoms. The Morgan fingerprint density at radius 1 is 1.43 bits per heavy atom. The molecule has 0 aliphatic rings. The topological polar surface area (TPSA) is 55.1 Å². The van der Waals surface area contributed by atoms with E-state index in [9.17, 15) is 4.79 Å². The van der Waals surface area contributed by atoms with Gasteiger partial charge in [0.25, 0.3) is 0 Å². The summed E-state index contributed by atoms with van der Waals surface area (Å²) in [5.41, 5.74) is 1.90. The van der Waals surface area contributed by atoms with E-state index in [4.69, 9.17) is 5.11 Å². The molecule has 0 atom stereocenters. The summed E-state index contributed by atoms with van der Waals surface area (Å²) in [6, 6.07) is 9.77. The number of hydrogen-bond donors (Lipinski definition) is 1. The molecule has 0 bridgehead atoms. The maximum Gasteiger partial charge on any atom is 0.313 e. The van der Waals surface area contributed by atoms with Gasteiger partial charge in [-0.1, -0.05) is 37.7 Å². The van der Waals surface area contributed by atoms with Crippen LogP contribution in [0.5, 0.6) is 0 Å². The Balaban J connectivity index is 2.39. The summed E-state index contributed by atoms with van der Waals surface area (Å²) in [5.74, 6) is -0.299. The molecule has 0 unspecified atom stereocenters. The number of thioether (sulfide) groups is 1. The van der Waals surface area contributed by atoms with Gasteiger partial charge in [0.1, 0.15) is 5.03 Å². The standard InChI is InChI=1S/C15H17BrN2O2S/c1-10(2)7-11-8-14(21-9-15(19)20)18(17-11)13-6-4-3-5-12(13)16/h3-6,8,10H,7,9H2,1-2H3,(H,19,20). The van der Waals surface area contributed by atoms with Gasteiger partial charge in [-0.05, 0) is 46.5 Å². The van der Waals surface area contributed by atoms with Crippen LogP contribution >= 0.6 is 27.7 Å². The van der Waals surface area contributed by atoms with Crippen molar-refractivity contribution in [2.45, 2.75) is 25.3 Å². The van der Waals surface area contributed by atoms with Crippen LogP contribution in [-0.4, -0.2) is 26.6 Å². The summed E-state index contributed by atoms with van der Waals surface area (Å²) in [5, 5.41) is 14.4. The van der Waals surface area contributed by atoms with Crippen molar-refractivity contribution >= 4 is 33.7 Å². The third-order valence-electron chi connectivity index (χ3n) is 2.77. The third kappa shape index (κ3) is 4.35. The Labute approximate surface area is 136 Å². The highest BCUT2D eigenvalue weighted by Gasteiger charge is 2.14. The molecular formula is C15H17BrN2O2S. The number of benzene rings is 1. The van der Waals surface area contributed by atoms with Crippen molar-refractivity contribution in [3.63, 3.8) is 0 Å². The molecule has 2 rings (SSSR count). The van der Waals surface area contributed by atoms with Crippen LogP contribution in [0, 0.1) is 5.92 Å². The Kier molecular flexibility index (Phi) is 5.47. The quantitative estimate of drug-likeness (QED) is 0.782. The van der Waals surface area contributed by atoms with Gasteiger partial charge in [0.05, 0.1) is 17.1 Å². The molecule has 0 aliphatic carbocycles. The van der Waals surface area contributed by atoms with Gasteiger partial charge in [0.15, 0.2) is 0 Å². The van der Waals surface area contributed by atoms with E-state index < -0.39 is 5.97 Å². The van der Waals surface area contributed by atoms with Crippen LogP contribution in [0.25, 0.3) is 5.69 Å². The van der Waals surface area contributed by atoms with Crippen LogP contribution in [0.3, 0.4) is 0 Å². The molecule has 1 N–H and O–H groups in total. The minimum absolute atomic E-state index is 0.0251. The number of carboxylic acid groups (broad SMARTS) is 1. The number of nitrogens with zero attached hydrogens (tertiary/aromatic N) is 2. The zero-order chi connectivity index (χ0) is 15.4. The van der Waals surface area contributed by atoms with Crippen molar-refractivity contribution < 1.29 is 9.90 Å². The second-order valence-corrected chi connectivity index (χ2v) is 6.97. The summed E-state index contributed by atoms with van der Waals surface area (Å²) < 4.78 is 2.75. The molecule has 0 aliphatic heterocycles. The molecule has 1 aromatic carbocycles. The molecule has 0 saturated heterocycles. The first-order valence-corrected chi connectivity index (χ1v) is 8.43. The van der Waals surface area contributed by atoms with E-state index in [1.807, 2.05) is 35.0 Å². The van der Waals surface area contributed by atoms with E-state index in [0.717, 1.165) is 27.3 Å². The monoisotopic (exact) mass is 368 g/mol. The van der Waals surface area contributed by atoms with Crippen LogP contribution in [-0.2, 0) is 11.2 Å². The average Bonchev–Trinajstić information content (AvgIpc) is 2.78. The van der Waals surface area contributed by atoms with Crippen LogP contribution in [0.2, 0.25) is 0 Å². The molecule has 1 heterocycles. The van der Waals surface area contributed by atoms with Gasteiger partial charge in [-0.2, -0.15) is 5.10 Å². The van der Waals surface area contributed by atoms with Crippen LogP contribution < -0.4 is 0 Å². The number of aromatic nitrogens is 2. The summed E-state index contributed by atoms with van der Waals surface area (Å²) >= 11 is 4.81. The second kappa shape index (κ2) is 7.13. The highest BCUT2D eigenvalue weighted by molar-refractivity contribution is 9.10. The fourth-order valence-corrected chi connectivity index (χ4v) is 3.17. The largest absolute Gasteiger partial charge is 0.481 e. The Bertz CT molecular complexity index is 640. The molecule has 4 nitrogen and oxygen atoms in total. The summed E-state index contributed by atoms with van der Waals surface area (Å²) in [4.78, 5) is 10.8. The number of carboxylic acids is 1. The van der Waals surface area contributed by atoms with Gasteiger partial charge >= 0.3 is 5.97 Å². The molecule has 1 aromatic heterocycles. The van der Waals surface area contributed by atoms with E-state index in [1.165, 1.54) is 11.8 Å². The fraction of sp³-hybridized carbons (Fsp3) is 0.333. The van der Waals surface area contributed by atoms with Crippen molar-refractivity contribution in [1.29, 1.82) is 0 Å². The predicted octanol–water partition coefficient (Wildman–Crippen LogP) is 4.01. The SMILES string of the molecule is CC(C)Cc1cc(SCC(=O)O)n(-c2ccccc2Br)n1. The normalized spacial score (nSPS) is 11.0. The first-order chi connectivity index (χ1) is 9.97. The molecule has 0 spiro atoms. The zero-order valence-electron chi connectivity index (χ0n) is 11.9. The van der Waals surface area contributed by atoms with Crippen LogP contribution in [0.1, 0.15) is 19.5 Å². The van der Waals surface area contributed by atoms with Gasteiger partial charge in [-0.3, -0.25) is 4.79 Å². The van der Waals surface area contributed by atoms with Crippen molar-refractivity contribution in [2.75, 3.05) is 5.75 Å². The zero-order valence-corrected chi connectivity index (χ0v) is 14.3. The molecule has 0 amide bonds. The highest BCUT2D eigenvalue weighted by Crippen LogP contribution is 2.28. The lowest BCUT2D eigenvalue weighted by atomic mass is 10.1. The molecule has 0 saturated carbocycles. The molecule has 0 radical (unpaired) electrons. The molecular weight excluding hydrogens is 352 g/mol. The molecule has 2 aromatic rings. The van der Waals surface area contributed by atoms with E-state index in [-0.39, 0.29) is 5.75 Å². The number of rotatable bonds is 6. The third-order valence-corrected chi connectivity index (χ3v) is 4.42. The van der Waals surface area contributed by atoms with Gasteiger partial charge in [-0.25, -0.2) is 4.68 Å². The average molecular weight is 369 g/mol. The van der Waals surface area contributed by atoms with Gasteiger partial charge in [0.2, 0.25) is 0 Å². The Morgan fingerprint density at radius 3 is 2.76 bits per heavy atom. The van der Waals surface area contributed by atoms with Crippen LogP contribution in [0.4, 0.5) is 0 Å². The highest BCUT2D eigenvalue weighted by atomic mass is 79.9. The number of hydrogen-bond acceptors (Lipinski definition) is 3. The first kappa shape index (κ1) is 16.1. The van der Waals surface area contributed by atoms with Crippen molar-refractivity contribution in [3.05, 3.63) is 40.5 Å². The van der Waals surface area contributed by atoms with Crippen molar-refractivity contribution in [3.8, 4) is 5.69 Å². The van der Waals surface area contributed by atoms with E-state index in [2.05, 4.69) is 34.9 Å². The predicted molar refractivity (Wildman–Crippen MR) is 88.2 cm³/mol. The maximum absolute atomic E-state index is 10.8. The minimum atomic E-state index is -0.828. The summed E-state index contributed by atoms with van der Waals surface area (Å²) in [6.45, 7) is 4.28. The second-order valence-electron chi connectivity index (χ2n) is 5.12. The maximum atomic E-state index is 10.8. The Morgan fingerprint density at radius 2 is 2.14 bits per heavy atom. The van der Waals surface area contributed by atoms with E-state index >= 15 is 0 Å². The lowest BCUT2D eigenvalue weighted by Crippen LogP contribution is -2.03. The minimum Gasteiger partial charge on any atom is -0.481 e. The summed E-state index contributed by atoms with van der Waals surface area (Å²) in [7, 11) is 0. The number of halogens is 1. The van der Waals surface area contributed by atoms with Crippen molar-refractivity contribution in [2.24, 2.45) is 5.92 Å². The summed E-state index contributed by atoms with van der Waals surface area (Å²) in [6.07, 6.45) is 0.873. The number of carbonyl (C=O) groups is 1. The van der Waals surface area contributed by atoms with Gasteiger partial charge < -0.3 is 5.11 Å². The smallest absolute Gasteiger partial charge is 0.313 e. The van der Waals surface area contributed by atoms with Gasteiger partial charge in [0, 0.05) is 4.47 Å².